The van der Waals surface area contributed by atoms with Crippen molar-refractivity contribution in [2.45, 2.75) is 20.3 Å². The quantitative estimate of drug-likeness (QED) is 0.556. The van der Waals surface area contributed by atoms with E-state index in [-0.39, 0.29) is 12.0 Å². The number of hydrogen-bond donors (Lipinski definition) is 2. The smallest absolute Gasteiger partial charge is 0.243 e. The molecule has 0 heterocycles. The maximum absolute atomic E-state index is 10.3. The van der Waals surface area contributed by atoms with E-state index in [1.54, 1.807) is 0 Å². The topological polar surface area (TPSA) is 88.1 Å². The highest BCUT2D eigenvalue weighted by atomic mass is 16.5. The van der Waals surface area contributed by atoms with Crippen LogP contribution in [0.3, 0.4) is 0 Å². The van der Waals surface area contributed by atoms with Crippen LogP contribution in [0.15, 0.2) is 0 Å². The summed E-state index contributed by atoms with van der Waals surface area (Å²) in [5.41, 5.74) is 4.60. The number of carbonyl (C=O) groups excluding carboxylic acids is 1. The second-order valence-electron chi connectivity index (χ2n) is 4.01. The lowest BCUT2D eigenvalue weighted by molar-refractivity contribution is -0.122. The second-order valence-corrected chi connectivity index (χ2v) is 4.01. The number of primary amides is 1. The molecule has 0 aliphatic carbocycles. The van der Waals surface area contributed by atoms with E-state index >= 15 is 0 Å². The molecule has 0 aliphatic rings. The molecule has 0 aliphatic heterocycles. The molecule has 1 amide bonds. The first-order chi connectivity index (χ1) is 6.98. The minimum absolute atomic E-state index is 0.0363. The van der Waals surface area contributed by atoms with E-state index in [1.165, 1.54) is 0 Å². The summed E-state index contributed by atoms with van der Waals surface area (Å²) in [6.45, 7) is 5.65. The Morgan fingerprint density at radius 3 is 2.73 bits per heavy atom. The summed E-state index contributed by atoms with van der Waals surface area (Å²) in [6.07, 6.45) is 0.791. The molecule has 0 saturated heterocycles. The molecule has 5 heteroatoms. The summed E-state index contributed by atoms with van der Waals surface area (Å²) in [7, 11) is 0. The van der Waals surface area contributed by atoms with Gasteiger partial charge < -0.3 is 15.8 Å². The minimum atomic E-state index is -0.458. The van der Waals surface area contributed by atoms with E-state index in [0.717, 1.165) is 13.0 Å². The normalized spacial score (nSPS) is 11.0. The number of rotatable bonds is 8. The molecule has 0 saturated carbocycles. The van der Waals surface area contributed by atoms with Gasteiger partial charge in [-0.1, -0.05) is 0 Å². The minimum Gasteiger partial charge on any atom is -0.370 e. The van der Waals surface area contributed by atoms with Crippen LogP contribution < -0.4 is 11.1 Å². The third kappa shape index (κ3) is 9.19. The first kappa shape index (κ1) is 13.9. The van der Waals surface area contributed by atoms with Gasteiger partial charge in [-0.05, 0) is 26.8 Å². The number of nitrogens with two attached hydrogens (primary N) is 1. The fraction of sp³-hybridized carbons (Fsp3) is 0.800. The molecule has 15 heavy (non-hydrogen) atoms. The summed E-state index contributed by atoms with van der Waals surface area (Å²) in [5.74, 6) is -0.458. The highest BCUT2D eigenvalue weighted by Gasteiger charge is 2.14. The fourth-order valence-corrected chi connectivity index (χ4v) is 0.899. The Hall–Kier alpha value is -1.12. The van der Waals surface area contributed by atoms with Gasteiger partial charge in [-0.3, -0.25) is 4.79 Å². The van der Waals surface area contributed by atoms with Crippen molar-refractivity contribution in [2.75, 3.05) is 26.3 Å². The van der Waals surface area contributed by atoms with Gasteiger partial charge in [0.1, 0.15) is 6.61 Å². The van der Waals surface area contributed by atoms with Gasteiger partial charge in [0.2, 0.25) is 5.91 Å². The zero-order chi connectivity index (χ0) is 11.7. The predicted molar refractivity (Wildman–Crippen MR) is 56.9 cm³/mol. The molecule has 0 aromatic carbocycles. The Bertz CT molecular complexity index is 233. The number of nitrogens with zero attached hydrogens (tertiary/aromatic N) is 1. The zero-order valence-electron chi connectivity index (χ0n) is 9.38. The van der Waals surface area contributed by atoms with Crippen molar-refractivity contribution in [3.63, 3.8) is 0 Å². The van der Waals surface area contributed by atoms with Crippen LogP contribution in [0.25, 0.3) is 0 Å². The van der Waals surface area contributed by atoms with Gasteiger partial charge >= 0.3 is 0 Å². The average molecular weight is 213 g/mol. The van der Waals surface area contributed by atoms with Crippen LogP contribution in [0, 0.1) is 16.7 Å². The number of nitrogens with one attached hydrogen (secondary N) is 1. The molecule has 0 bridgehead atoms. The molecule has 86 valence electrons. The van der Waals surface area contributed by atoms with E-state index in [4.69, 9.17) is 15.7 Å². The molecule has 0 rings (SSSR count). The highest BCUT2D eigenvalue weighted by Crippen LogP contribution is 2.16. The van der Waals surface area contributed by atoms with Crippen LogP contribution in [0.1, 0.15) is 20.3 Å². The van der Waals surface area contributed by atoms with Gasteiger partial charge in [0.25, 0.3) is 0 Å². The summed E-state index contributed by atoms with van der Waals surface area (Å²) in [6, 6.07) is 2.23. The maximum atomic E-state index is 10.3. The van der Waals surface area contributed by atoms with Crippen molar-refractivity contribution in [3.05, 3.63) is 0 Å². The number of nitriles is 1. The van der Waals surface area contributed by atoms with Gasteiger partial charge in [0.05, 0.1) is 18.1 Å². The lowest BCUT2D eigenvalue weighted by Crippen LogP contribution is -2.26. The van der Waals surface area contributed by atoms with E-state index in [1.807, 2.05) is 13.8 Å². The molecular weight excluding hydrogens is 194 g/mol. The Morgan fingerprint density at radius 1 is 1.53 bits per heavy atom. The molecule has 3 N–H and O–H groups in total. The third-order valence-corrected chi connectivity index (χ3v) is 1.90. The molecule has 0 aromatic heterocycles. The molecular formula is C10H19N3O2. The Kier molecular flexibility index (Phi) is 6.67. The number of carbonyl (C=O) groups is 1. The summed E-state index contributed by atoms with van der Waals surface area (Å²) < 4.78 is 4.95. The van der Waals surface area contributed by atoms with Crippen LogP contribution in [0.5, 0.6) is 0 Å². The van der Waals surface area contributed by atoms with Gasteiger partial charge in [-0.2, -0.15) is 5.26 Å². The summed E-state index contributed by atoms with van der Waals surface area (Å²) >= 11 is 0. The van der Waals surface area contributed by atoms with Crippen LogP contribution in [0.2, 0.25) is 0 Å². The molecule has 5 nitrogen and oxygen atoms in total. The van der Waals surface area contributed by atoms with Gasteiger partial charge in [0.15, 0.2) is 0 Å². The molecule has 0 unspecified atom stereocenters. The van der Waals surface area contributed by atoms with Crippen LogP contribution >= 0.6 is 0 Å². The molecule has 0 spiro atoms. The number of hydrogen-bond acceptors (Lipinski definition) is 4. The Labute approximate surface area is 90.6 Å². The van der Waals surface area contributed by atoms with Crippen molar-refractivity contribution < 1.29 is 9.53 Å². The van der Waals surface area contributed by atoms with E-state index in [2.05, 4.69) is 11.4 Å². The van der Waals surface area contributed by atoms with E-state index in [9.17, 15) is 4.79 Å². The standard InChI is InChI=1S/C10H19N3O2/c1-10(2,8-11)3-4-13-5-6-15-7-9(12)14/h13H,3-7H2,1-2H3,(H2,12,14). The third-order valence-electron chi connectivity index (χ3n) is 1.90. The number of ether oxygens (including phenoxy) is 1. The first-order valence-corrected chi connectivity index (χ1v) is 4.96. The van der Waals surface area contributed by atoms with Crippen molar-refractivity contribution >= 4 is 5.91 Å². The molecule has 0 fully saturated rings. The van der Waals surface area contributed by atoms with Gasteiger partial charge in [0, 0.05) is 6.54 Å². The molecule has 0 atom stereocenters. The highest BCUT2D eigenvalue weighted by molar-refractivity contribution is 5.74. The van der Waals surface area contributed by atoms with Gasteiger partial charge in [-0.25, -0.2) is 0 Å². The van der Waals surface area contributed by atoms with Crippen molar-refractivity contribution in [1.82, 2.24) is 5.32 Å². The van der Waals surface area contributed by atoms with E-state index < -0.39 is 5.91 Å². The lowest BCUT2D eigenvalue weighted by atomic mass is 9.92. The second kappa shape index (κ2) is 7.21. The maximum Gasteiger partial charge on any atom is 0.243 e. The largest absolute Gasteiger partial charge is 0.370 e. The summed E-state index contributed by atoms with van der Waals surface area (Å²) in [5, 5.41) is 11.9. The molecule has 0 radical (unpaired) electrons. The summed E-state index contributed by atoms with van der Waals surface area (Å²) in [4.78, 5) is 10.3. The van der Waals surface area contributed by atoms with Gasteiger partial charge in [-0.15, -0.1) is 0 Å². The SMILES string of the molecule is CC(C)(C#N)CCNCCOCC(N)=O. The average Bonchev–Trinajstić information content (AvgIpc) is 2.16. The van der Waals surface area contributed by atoms with Crippen LogP contribution in [-0.2, 0) is 9.53 Å². The first-order valence-electron chi connectivity index (χ1n) is 4.96. The van der Waals surface area contributed by atoms with Crippen LogP contribution in [-0.4, -0.2) is 32.2 Å². The van der Waals surface area contributed by atoms with Crippen molar-refractivity contribution in [3.8, 4) is 6.07 Å². The Morgan fingerprint density at radius 2 is 2.20 bits per heavy atom. The number of amides is 1. The predicted octanol–water partition coefficient (Wildman–Crippen LogP) is 0.0178. The van der Waals surface area contributed by atoms with Crippen molar-refractivity contribution in [1.29, 1.82) is 5.26 Å². The zero-order valence-corrected chi connectivity index (χ0v) is 9.38. The monoisotopic (exact) mass is 213 g/mol. The lowest BCUT2D eigenvalue weighted by Gasteiger charge is -2.14. The fourth-order valence-electron chi connectivity index (χ4n) is 0.899. The van der Waals surface area contributed by atoms with Crippen LogP contribution in [0.4, 0.5) is 0 Å². The van der Waals surface area contributed by atoms with Crippen molar-refractivity contribution in [2.24, 2.45) is 11.1 Å². The van der Waals surface area contributed by atoms with E-state index in [0.29, 0.717) is 13.2 Å². The Balaban J connectivity index is 3.26. The molecule has 0 aromatic rings.